The zero-order valence-corrected chi connectivity index (χ0v) is 11.9. The molecule has 0 saturated carbocycles. The fourth-order valence-electron chi connectivity index (χ4n) is 2.35. The molecule has 1 saturated heterocycles. The molecule has 1 atom stereocenters. The Hall–Kier alpha value is -1.15. The first-order valence-electron chi connectivity index (χ1n) is 6.47. The van der Waals surface area contributed by atoms with Gasteiger partial charge >= 0.3 is 6.18 Å². The second-order valence-electron chi connectivity index (χ2n) is 5.15. The van der Waals surface area contributed by atoms with Crippen LogP contribution < -0.4 is 5.32 Å². The van der Waals surface area contributed by atoms with Crippen molar-refractivity contribution in [1.82, 2.24) is 5.32 Å². The summed E-state index contributed by atoms with van der Waals surface area (Å²) in [4.78, 5) is 0. The summed E-state index contributed by atoms with van der Waals surface area (Å²) in [5.74, 6) is -1.17. The molecule has 1 aromatic carbocycles. The van der Waals surface area contributed by atoms with Crippen LogP contribution in [0, 0.1) is 5.82 Å². The van der Waals surface area contributed by atoms with Gasteiger partial charge in [0.1, 0.15) is 5.82 Å². The van der Waals surface area contributed by atoms with Gasteiger partial charge in [-0.15, -0.1) is 0 Å². The third-order valence-electron chi connectivity index (χ3n) is 3.39. The molecule has 21 heavy (non-hydrogen) atoms. The Kier molecular flexibility index (Phi) is 4.57. The molecule has 0 spiro atoms. The van der Waals surface area contributed by atoms with Gasteiger partial charge in [-0.25, -0.2) is 12.8 Å². The Balaban J connectivity index is 2.04. The van der Waals surface area contributed by atoms with Gasteiger partial charge in [-0.1, -0.05) is 6.07 Å². The summed E-state index contributed by atoms with van der Waals surface area (Å²) in [6.45, 7) is 0.0730. The second-order valence-corrected chi connectivity index (χ2v) is 7.38. The van der Waals surface area contributed by atoms with E-state index in [1.807, 2.05) is 0 Å². The third-order valence-corrected chi connectivity index (χ3v) is 5.21. The van der Waals surface area contributed by atoms with Crippen molar-refractivity contribution in [1.29, 1.82) is 0 Å². The second kappa shape index (κ2) is 5.92. The van der Waals surface area contributed by atoms with Crippen molar-refractivity contribution >= 4 is 9.84 Å². The summed E-state index contributed by atoms with van der Waals surface area (Å²) in [6.07, 6.45) is -3.54. The Morgan fingerprint density at radius 2 is 2.00 bits per heavy atom. The Bertz CT molecular complexity index is 613. The molecule has 1 unspecified atom stereocenters. The fourth-order valence-corrected chi connectivity index (χ4v) is 4.02. The Labute approximate surface area is 120 Å². The van der Waals surface area contributed by atoms with Crippen LogP contribution in [0.15, 0.2) is 18.2 Å². The Morgan fingerprint density at radius 1 is 1.29 bits per heavy atom. The van der Waals surface area contributed by atoms with Gasteiger partial charge in [0.2, 0.25) is 0 Å². The lowest BCUT2D eigenvalue weighted by Gasteiger charge is -2.23. The first-order chi connectivity index (χ1) is 9.67. The van der Waals surface area contributed by atoms with Gasteiger partial charge in [0.25, 0.3) is 0 Å². The van der Waals surface area contributed by atoms with Crippen LogP contribution in [0.3, 0.4) is 0 Å². The molecule has 0 radical (unpaired) electrons. The maximum atomic E-state index is 13.1. The van der Waals surface area contributed by atoms with Crippen LogP contribution in [0.1, 0.15) is 24.0 Å². The number of benzene rings is 1. The van der Waals surface area contributed by atoms with Crippen LogP contribution in [-0.4, -0.2) is 26.0 Å². The molecule has 3 nitrogen and oxygen atoms in total. The van der Waals surface area contributed by atoms with Crippen LogP contribution in [0.2, 0.25) is 0 Å². The maximum Gasteiger partial charge on any atom is 0.419 e. The molecule has 1 fully saturated rings. The molecule has 1 aliphatic heterocycles. The summed E-state index contributed by atoms with van der Waals surface area (Å²) in [5.41, 5.74) is -1.04. The van der Waals surface area contributed by atoms with E-state index in [0.717, 1.165) is 12.1 Å². The lowest BCUT2D eigenvalue weighted by Crippen LogP contribution is -2.39. The maximum absolute atomic E-state index is 13.1. The van der Waals surface area contributed by atoms with Crippen LogP contribution in [0.4, 0.5) is 17.6 Å². The minimum absolute atomic E-state index is 0.0136. The first kappa shape index (κ1) is 16.2. The largest absolute Gasteiger partial charge is 0.419 e. The predicted octanol–water partition coefficient (Wildman–Crippen LogP) is 2.51. The normalized spacial score (nSPS) is 22.2. The zero-order valence-electron chi connectivity index (χ0n) is 11.1. The van der Waals surface area contributed by atoms with Crippen LogP contribution in [0.25, 0.3) is 0 Å². The van der Waals surface area contributed by atoms with Crippen LogP contribution in [0.5, 0.6) is 0 Å². The summed E-state index contributed by atoms with van der Waals surface area (Å²) in [5, 5.41) is 2.92. The van der Waals surface area contributed by atoms with Gasteiger partial charge in [-0.05, 0) is 30.5 Å². The highest BCUT2D eigenvalue weighted by atomic mass is 32.2. The number of sulfone groups is 1. The molecular formula is C13H15F4NO2S. The number of halogens is 4. The van der Waals surface area contributed by atoms with Crippen molar-refractivity contribution in [2.24, 2.45) is 0 Å². The van der Waals surface area contributed by atoms with Crippen LogP contribution >= 0.6 is 0 Å². The number of hydrogen-bond acceptors (Lipinski definition) is 3. The highest BCUT2D eigenvalue weighted by molar-refractivity contribution is 7.91. The van der Waals surface area contributed by atoms with Gasteiger partial charge in [0.05, 0.1) is 17.1 Å². The van der Waals surface area contributed by atoms with Gasteiger partial charge in [0, 0.05) is 12.6 Å². The summed E-state index contributed by atoms with van der Waals surface area (Å²) in [7, 11) is -3.08. The van der Waals surface area contributed by atoms with E-state index in [-0.39, 0.29) is 29.7 Å². The molecule has 0 bridgehead atoms. The van der Waals surface area contributed by atoms with E-state index in [2.05, 4.69) is 5.32 Å². The summed E-state index contributed by atoms with van der Waals surface area (Å²) >= 11 is 0. The highest BCUT2D eigenvalue weighted by Crippen LogP contribution is 2.31. The highest BCUT2D eigenvalue weighted by Gasteiger charge is 2.34. The molecule has 1 aromatic rings. The predicted molar refractivity (Wildman–Crippen MR) is 69.9 cm³/mol. The monoisotopic (exact) mass is 325 g/mol. The lowest BCUT2D eigenvalue weighted by atomic mass is 10.1. The fraction of sp³-hybridized carbons (Fsp3) is 0.538. The van der Waals surface area contributed by atoms with Crippen molar-refractivity contribution in [3.63, 3.8) is 0 Å². The first-order valence-corrected chi connectivity index (χ1v) is 8.29. The molecule has 1 heterocycles. The molecule has 0 aliphatic carbocycles. The van der Waals surface area contributed by atoms with Crippen LogP contribution in [-0.2, 0) is 22.6 Å². The Morgan fingerprint density at radius 3 is 2.62 bits per heavy atom. The van der Waals surface area contributed by atoms with E-state index < -0.39 is 27.4 Å². The molecule has 8 heteroatoms. The molecule has 0 amide bonds. The quantitative estimate of drug-likeness (QED) is 0.869. The number of hydrogen-bond donors (Lipinski definition) is 1. The summed E-state index contributed by atoms with van der Waals surface area (Å²) < 4.78 is 73.8. The van der Waals surface area contributed by atoms with Gasteiger partial charge in [-0.2, -0.15) is 13.2 Å². The molecule has 1 N–H and O–H groups in total. The number of alkyl halides is 3. The zero-order chi connectivity index (χ0) is 15.7. The topological polar surface area (TPSA) is 46.2 Å². The minimum atomic E-state index is -4.74. The van der Waals surface area contributed by atoms with Gasteiger partial charge in [0.15, 0.2) is 9.84 Å². The van der Waals surface area contributed by atoms with E-state index in [1.54, 1.807) is 0 Å². The van der Waals surface area contributed by atoms with Crippen molar-refractivity contribution < 1.29 is 26.0 Å². The molecule has 1 aliphatic rings. The average molecular weight is 325 g/mol. The average Bonchev–Trinajstić information content (AvgIpc) is 2.35. The SMILES string of the molecule is O=S1(=O)CCCC(NCc2ccc(F)c(C(F)(F)F)c2)C1. The summed E-state index contributed by atoms with van der Waals surface area (Å²) in [6, 6.07) is 2.51. The standard InChI is InChI=1S/C13H15F4NO2S/c14-12-4-3-9(6-11(12)13(15,16)17)7-18-10-2-1-5-21(19,20)8-10/h3-4,6,10,18H,1-2,5,7-8H2. The van der Waals surface area contributed by atoms with Gasteiger partial charge < -0.3 is 5.32 Å². The molecule has 0 aromatic heterocycles. The third kappa shape index (κ3) is 4.41. The van der Waals surface area contributed by atoms with Crippen molar-refractivity contribution in [2.45, 2.75) is 31.6 Å². The molecule has 2 rings (SSSR count). The van der Waals surface area contributed by atoms with E-state index >= 15 is 0 Å². The van der Waals surface area contributed by atoms with Crippen molar-refractivity contribution in [3.05, 3.63) is 35.1 Å². The minimum Gasteiger partial charge on any atom is -0.309 e. The lowest BCUT2D eigenvalue weighted by molar-refractivity contribution is -0.140. The van der Waals surface area contributed by atoms with E-state index in [0.29, 0.717) is 12.8 Å². The van der Waals surface area contributed by atoms with E-state index in [4.69, 9.17) is 0 Å². The van der Waals surface area contributed by atoms with Gasteiger partial charge in [-0.3, -0.25) is 0 Å². The molecular weight excluding hydrogens is 310 g/mol. The van der Waals surface area contributed by atoms with E-state index in [9.17, 15) is 26.0 Å². The smallest absolute Gasteiger partial charge is 0.309 e. The molecule has 118 valence electrons. The number of nitrogens with one attached hydrogen (secondary N) is 1. The van der Waals surface area contributed by atoms with Crippen molar-refractivity contribution in [2.75, 3.05) is 11.5 Å². The van der Waals surface area contributed by atoms with Crippen molar-refractivity contribution in [3.8, 4) is 0 Å². The van der Waals surface area contributed by atoms with E-state index in [1.165, 1.54) is 6.07 Å². The number of rotatable bonds is 3.